The summed E-state index contributed by atoms with van der Waals surface area (Å²) in [7, 11) is 0. The minimum atomic E-state index is -0.273. The summed E-state index contributed by atoms with van der Waals surface area (Å²) in [5.41, 5.74) is 9.44. The second kappa shape index (κ2) is 4.35. The molecule has 0 radical (unpaired) electrons. The highest BCUT2D eigenvalue weighted by molar-refractivity contribution is 9.10. The molecule has 2 heterocycles. The molecule has 0 unspecified atom stereocenters. The molecule has 2 N–H and O–H groups in total. The van der Waals surface area contributed by atoms with E-state index in [2.05, 4.69) is 20.9 Å². The van der Waals surface area contributed by atoms with Crippen LogP contribution in [-0.4, -0.2) is 9.38 Å². The van der Waals surface area contributed by atoms with E-state index in [9.17, 15) is 4.39 Å². The van der Waals surface area contributed by atoms with E-state index in [-0.39, 0.29) is 5.82 Å². The molecule has 0 saturated carbocycles. The number of hydrogen-bond acceptors (Lipinski definition) is 2. The van der Waals surface area contributed by atoms with Gasteiger partial charge in [-0.1, -0.05) is 0 Å². The number of anilines is 1. The largest absolute Gasteiger partial charge is 0.383 e. The molecule has 1 aromatic carbocycles. The Morgan fingerprint density at radius 2 is 1.95 bits per heavy atom. The first kappa shape index (κ1) is 12.2. The number of nitrogen functional groups attached to an aromatic ring is 1. The van der Waals surface area contributed by atoms with Crippen LogP contribution in [0.15, 0.2) is 41.0 Å². The molecule has 0 spiro atoms. The van der Waals surface area contributed by atoms with Crippen molar-refractivity contribution in [2.24, 2.45) is 0 Å². The molecular formula is C14H11BrFN3. The van der Waals surface area contributed by atoms with E-state index in [1.54, 1.807) is 12.1 Å². The number of hydrogen-bond donors (Lipinski definition) is 1. The average Bonchev–Trinajstić information content (AvgIpc) is 2.69. The number of aromatic nitrogens is 2. The van der Waals surface area contributed by atoms with Gasteiger partial charge in [-0.3, -0.25) is 4.40 Å². The van der Waals surface area contributed by atoms with Crippen molar-refractivity contribution in [3.8, 4) is 11.3 Å². The third-order valence-corrected chi connectivity index (χ3v) is 3.89. The maximum atomic E-state index is 13.0. The minimum Gasteiger partial charge on any atom is -0.383 e. The van der Waals surface area contributed by atoms with E-state index < -0.39 is 0 Å². The number of rotatable bonds is 1. The molecule has 0 saturated heterocycles. The molecule has 5 heteroatoms. The summed E-state index contributed by atoms with van der Waals surface area (Å²) in [6.07, 6.45) is 1.89. The first-order chi connectivity index (χ1) is 9.06. The van der Waals surface area contributed by atoms with Crippen molar-refractivity contribution >= 4 is 27.4 Å². The van der Waals surface area contributed by atoms with E-state index in [4.69, 9.17) is 5.73 Å². The van der Waals surface area contributed by atoms with Gasteiger partial charge in [0.05, 0.1) is 0 Å². The van der Waals surface area contributed by atoms with E-state index in [0.29, 0.717) is 11.5 Å². The molecule has 3 rings (SSSR count). The van der Waals surface area contributed by atoms with Crippen LogP contribution in [0.5, 0.6) is 0 Å². The Kier molecular flexibility index (Phi) is 2.78. The monoisotopic (exact) mass is 319 g/mol. The number of imidazole rings is 1. The molecule has 0 aliphatic carbocycles. The minimum absolute atomic E-state index is 0.273. The van der Waals surface area contributed by atoms with Crippen LogP contribution in [0.1, 0.15) is 5.56 Å². The summed E-state index contributed by atoms with van der Waals surface area (Å²) < 4.78 is 15.7. The van der Waals surface area contributed by atoms with Gasteiger partial charge in [0.2, 0.25) is 0 Å². The fraction of sp³-hybridized carbons (Fsp3) is 0.0714. The predicted octanol–water partition coefficient (Wildman–Crippen LogP) is 3.79. The Balaban J connectivity index is 2.25. The molecular weight excluding hydrogens is 309 g/mol. The Morgan fingerprint density at radius 1 is 1.26 bits per heavy atom. The molecule has 2 aromatic heterocycles. The fourth-order valence-electron chi connectivity index (χ4n) is 2.00. The highest BCUT2D eigenvalue weighted by atomic mass is 79.9. The zero-order valence-corrected chi connectivity index (χ0v) is 11.8. The van der Waals surface area contributed by atoms with Crippen LogP contribution in [0.4, 0.5) is 10.2 Å². The normalized spacial score (nSPS) is 11.1. The van der Waals surface area contributed by atoms with Crippen LogP contribution in [-0.2, 0) is 0 Å². The average molecular weight is 320 g/mol. The molecule has 0 atom stereocenters. The SMILES string of the molecule is Cc1cc2nc(-c3ccc(F)cc3)c(N)n2cc1Br. The Bertz CT molecular complexity index is 762. The predicted molar refractivity (Wildman–Crippen MR) is 77.4 cm³/mol. The molecule has 0 aliphatic heterocycles. The van der Waals surface area contributed by atoms with Crippen molar-refractivity contribution in [2.45, 2.75) is 6.92 Å². The molecule has 0 bridgehead atoms. The topological polar surface area (TPSA) is 43.3 Å². The zero-order valence-electron chi connectivity index (χ0n) is 10.2. The summed E-state index contributed by atoms with van der Waals surface area (Å²) >= 11 is 3.47. The molecule has 3 aromatic rings. The fourth-order valence-corrected chi connectivity index (χ4v) is 2.32. The first-order valence-corrected chi connectivity index (χ1v) is 6.55. The van der Waals surface area contributed by atoms with Gasteiger partial charge in [0, 0.05) is 16.2 Å². The second-order valence-electron chi connectivity index (χ2n) is 4.39. The lowest BCUT2D eigenvalue weighted by molar-refractivity contribution is 0.628. The number of nitrogens with zero attached hydrogens (tertiary/aromatic N) is 2. The van der Waals surface area contributed by atoms with Gasteiger partial charge < -0.3 is 5.73 Å². The van der Waals surface area contributed by atoms with Crippen LogP contribution in [0, 0.1) is 12.7 Å². The van der Waals surface area contributed by atoms with E-state index in [1.165, 1.54) is 12.1 Å². The maximum Gasteiger partial charge on any atom is 0.139 e. The number of halogens is 2. The standard InChI is InChI=1S/C14H11BrFN3/c1-8-6-12-18-13(9-2-4-10(16)5-3-9)14(17)19(12)7-11(8)15/h2-7H,17H2,1H3. The lowest BCUT2D eigenvalue weighted by atomic mass is 10.1. The quantitative estimate of drug-likeness (QED) is 0.741. The number of nitrogens with two attached hydrogens (primary N) is 1. The Morgan fingerprint density at radius 3 is 2.63 bits per heavy atom. The van der Waals surface area contributed by atoms with E-state index in [1.807, 2.05) is 23.6 Å². The number of aryl methyl sites for hydroxylation is 1. The molecule has 0 amide bonds. The first-order valence-electron chi connectivity index (χ1n) is 5.76. The van der Waals surface area contributed by atoms with Crippen molar-refractivity contribution < 1.29 is 4.39 Å². The molecule has 19 heavy (non-hydrogen) atoms. The van der Waals surface area contributed by atoms with Gasteiger partial charge in [0.15, 0.2) is 0 Å². The Hall–Kier alpha value is -1.88. The Labute approximate surface area is 118 Å². The summed E-state index contributed by atoms with van der Waals surface area (Å²) in [5.74, 6) is 0.270. The molecule has 3 nitrogen and oxygen atoms in total. The van der Waals surface area contributed by atoms with Crippen molar-refractivity contribution in [3.05, 3.63) is 52.4 Å². The highest BCUT2D eigenvalue weighted by Crippen LogP contribution is 2.28. The van der Waals surface area contributed by atoms with Crippen LogP contribution in [0.25, 0.3) is 16.9 Å². The van der Waals surface area contributed by atoms with E-state index >= 15 is 0 Å². The van der Waals surface area contributed by atoms with Crippen molar-refractivity contribution in [1.82, 2.24) is 9.38 Å². The van der Waals surface area contributed by atoms with Crippen molar-refractivity contribution in [3.63, 3.8) is 0 Å². The zero-order chi connectivity index (χ0) is 13.6. The van der Waals surface area contributed by atoms with Gasteiger partial charge in [0.25, 0.3) is 0 Å². The smallest absolute Gasteiger partial charge is 0.139 e. The van der Waals surface area contributed by atoms with Crippen molar-refractivity contribution in [2.75, 3.05) is 5.73 Å². The van der Waals surface area contributed by atoms with Gasteiger partial charge in [0.1, 0.15) is 23.0 Å². The summed E-state index contributed by atoms with van der Waals surface area (Å²) in [5, 5.41) is 0. The molecule has 96 valence electrons. The number of pyridine rings is 1. The van der Waals surface area contributed by atoms with Crippen molar-refractivity contribution in [1.29, 1.82) is 0 Å². The third-order valence-electron chi connectivity index (χ3n) is 3.06. The summed E-state index contributed by atoms with van der Waals surface area (Å²) in [6, 6.07) is 8.11. The molecule has 0 aliphatic rings. The van der Waals surface area contributed by atoms with Gasteiger partial charge >= 0.3 is 0 Å². The van der Waals surface area contributed by atoms with Gasteiger partial charge in [-0.15, -0.1) is 0 Å². The van der Waals surface area contributed by atoms with Crippen LogP contribution in [0.2, 0.25) is 0 Å². The summed E-state index contributed by atoms with van der Waals surface area (Å²) in [6.45, 7) is 1.99. The van der Waals surface area contributed by atoms with Gasteiger partial charge in [-0.2, -0.15) is 0 Å². The van der Waals surface area contributed by atoms with Crippen LogP contribution >= 0.6 is 15.9 Å². The van der Waals surface area contributed by atoms with Gasteiger partial charge in [-0.25, -0.2) is 9.37 Å². The highest BCUT2D eigenvalue weighted by Gasteiger charge is 2.12. The van der Waals surface area contributed by atoms with Crippen LogP contribution < -0.4 is 5.73 Å². The number of benzene rings is 1. The van der Waals surface area contributed by atoms with Gasteiger partial charge in [-0.05, 0) is 58.7 Å². The lowest BCUT2D eigenvalue weighted by Crippen LogP contribution is -1.95. The summed E-state index contributed by atoms with van der Waals surface area (Å²) in [4.78, 5) is 4.51. The lowest BCUT2D eigenvalue weighted by Gasteiger charge is -2.01. The van der Waals surface area contributed by atoms with E-state index in [0.717, 1.165) is 21.2 Å². The number of fused-ring (bicyclic) bond motifs is 1. The van der Waals surface area contributed by atoms with Crippen LogP contribution in [0.3, 0.4) is 0 Å². The maximum absolute atomic E-state index is 13.0. The second-order valence-corrected chi connectivity index (χ2v) is 5.24. The molecule has 0 fully saturated rings. The third kappa shape index (κ3) is 2.00.